The van der Waals surface area contributed by atoms with Gasteiger partial charge in [-0.15, -0.1) is 0 Å². The standard InChI is InChI=1S/C17H28N4O6S/c1-12(22)6-4-3-5-7-18-14(24)8-19-15(25)9-20-16(26)10-21-17(27)11-28-13(2)23/h3-11H2,1-2H3,(H,18,24)(H,19,25)(H,20,26)(H,21,27). The first-order valence-electron chi connectivity index (χ1n) is 8.90. The normalized spacial score (nSPS) is 9.93. The summed E-state index contributed by atoms with van der Waals surface area (Å²) in [5.74, 6) is -1.84. The average Bonchev–Trinajstić information content (AvgIpc) is 2.63. The average molecular weight is 417 g/mol. The Bertz CT molecular complexity index is 582. The Labute approximate surface area is 168 Å². The second kappa shape index (κ2) is 15.6. The summed E-state index contributed by atoms with van der Waals surface area (Å²) < 4.78 is 0. The molecular weight excluding hydrogens is 388 g/mol. The number of unbranched alkanes of at least 4 members (excludes halogenated alkanes) is 2. The number of nitrogens with one attached hydrogen (secondary N) is 4. The van der Waals surface area contributed by atoms with E-state index in [9.17, 15) is 28.8 Å². The van der Waals surface area contributed by atoms with Crippen LogP contribution in [0.3, 0.4) is 0 Å². The molecule has 4 N–H and O–H groups in total. The van der Waals surface area contributed by atoms with Gasteiger partial charge in [-0.2, -0.15) is 0 Å². The monoisotopic (exact) mass is 416 g/mol. The van der Waals surface area contributed by atoms with Crippen LogP contribution in [0.25, 0.3) is 0 Å². The van der Waals surface area contributed by atoms with Gasteiger partial charge in [-0.05, 0) is 19.8 Å². The van der Waals surface area contributed by atoms with Gasteiger partial charge in [0.05, 0.1) is 25.4 Å². The van der Waals surface area contributed by atoms with E-state index in [0.29, 0.717) is 13.0 Å². The SMILES string of the molecule is CC(=O)CCCCCNC(=O)CNC(=O)CNC(=O)CNC(=O)CSC(C)=O. The van der Waals surface area contributed by atoms with Gasteiger partial charge in [0.15, 0.2) is 5.12 Å². The van der Waals surface area contributed by atoms with Crippen molar-refractivity contribution in [2.75, 3.05) is 31.9 Å². The largest absolute Gasteiger partial charge is 0.355 e. The van der Waals surface area contributed by atoms with Gasteiger partial charge in [-0.1, -0.05) is 18.2 Å². The fourth-order valence-corrected chi connectivity index (χ4v) is 2.28. The molecule has 0 aliphatic carbocycles. The van der Waals surface area contributed by atoms with Gasteiger partial charge in [0.1, 0.15) is 5.78 Å². The lowest BCUT2D eigenvalue weighted by Gasteiger charge is -2.08. The van der Waals surface area contributed by atoms with Gasteiger partial charge < -0.3 is 26.1 Å². The van der Waals surface area contributed by atoms with Gasteiger partial charge in [0.2, 0.25) is 23.6 Å². The number of rotatable bonds is 14. The fourth-order valence-electron chi connectivity index (χ4n) is 1.85. The molecule has 0 saturated heterocycles. The van der Waals surface area contributed by atoms with Crippen LogP contribution in [0, 0.1) is 0 Å². The summed E-state index contributed by atoms with van der Waals surface area (Å²) >= 11 is 0.831. The fraction of sp³-hybridized carbons (Fsp3) is 0.647. The highest BCUT2D eigenvalue weighted by molar-refractivity contribution is 8.14. The van der Waals surface area contributed by atoms with Crippen molar-refractivity contribution in [1.29, 1.82) is 0 Å². The van der Waals surface area contributed by atoms with Gasteiger partial charge in [0, 0.05) is 19.9 Å². The number of Topliss-reactive ketones (excluding diaryl/α,β-unsaturated/α-hetero) is 1. The molecule has 0 saturated carbocycles. The number of hydrogen-bond donors (Lipinski definition) is 4. The van der Waals surface area contributed by atoms with E-state index in [1.165, 1.54) is 6.92 Å². The molecule has 0 spiro atoms. The van der Waals surface area contributed by atoms with Gasteiger partial charge in [-0.3, -0.25) is 24.0 Å². The molecule has 4 amide bonds. The molecule has 0 aromatic heterocycles. The predicted molar refractivity (Wildman–Crippen MR) is 104 cm³/mol. The summed E-state index contributed by atoms with van der Waals surface area (Å²) in [5.41, 5.74) is 0. The lowest BCUT2D eigenvalue weighted by molar-refractivity contribution is -0.128. The maximum Gasteiger partial charge on any atom is 0.239 e. The molecule has 0 unspecified atom stereocenters. The molecule has 0 radical (unpaired) electrons. The van der Waals surface area contributed by atoms with Crippen molar-refractivity contribution in [1.82, 2.24) is 21.3 Å². The zero-order chi connectivity index (χ0) is 21.4. The van der Waals surface area contributed by atoms with Crippen LogP contribution in [-0.2, 0) is 28.8 Å². The summed E-state index contributed by atoms with van der Waals surface area (Å²) in [6.45, 7) is 2.50. The Hall–Kier alpha value is -2.43. The maximum absolute atomic E-state index is 11.6. The molecule has 0 atom stereocenters. The van der Waals surface area contributed by atoms with Gasteiger partial charge >= 0.3 is 0 Å². The van der Waals surface area contributed by atoms with E-state index in [1.54, 1.807) is 6.92 Å². The Balaban J connectivity index is 3.70. The molecular formula is C17H28N4O6S. The van der Waals surface area contributed by atoms with Crippen molar-refractivity contribution in [2.45, 2.75) is 39.5 Å². The van der Waals surface area contributed by atoms with Crippen LogP contribution in [0.1, 0.15) is 39.5 Å². The van der Waals surface area contributed by atoms with Crippen LogP contribution in [0.15, 0.2) is 0 Å². The van der Waals surface area contributed by atoms with E-state index in [-0.39, 0.29) is 42.2 Å². The molecule has 0 aromatic carbocycles. The molecule has 0 aliphatic rings. The Kier molecular flexibility index (Phi) is 14.3. The first kappa shape index (κ1) is 25.6. The number of carbonyl (C=O) groups excluding carboxylic acids is 6. The van der Waals surface area contributed by atoms with Crippen molar-refractivity contribution < 1.29 is 28.8 Å². The van der Waals surface area contributed by atoms with Crippen LogP contribution in [0.4, 0.5) is 0 Å². The van der Waals surface area contributed by atoms with E-state index in [0.717, 1.165) is 31.0 Å². The Morgan fingerprint density at radius 2 is 1.14 bits per heavy atom. The third-order valence-electron chi connectivity index (χ3n) is 3.27. The first-order chi connectivity index (χ1) is 13.2. The first-order valence-corrected chi connectivity index (χ1v) is 9.89. The molecule has 0 heterocycles. The van der Waals surface area contributed by atoms with Crippen molar-refractivity contribution in [2.24, 2.45) is 0 Å². The second-order valence-corrected chi connectivity index (χ2v) is 7.13. The zero-order valence-electron chi connectivity index (χ0n) is 16.2. The summed E-state index contributed by atoms with van der Waals surface area (Å²) in [6, 6.07) is 0. The van der Waals surface area contributed by atoms with Gasteiger partial charge in [-0.25, -0.2) is 0 Å². The summed E-state index contributed by atoms with van der Waals surface area (Å²) in [7, 11) is 0. The summed E-state index contributed by atoms with van der Waals surface area (Å²) in [6.07, 6.45) is 2.91. The van der Waals surface area contributed by atoms with E-state index in [1.807, 2.05) is 0 Å². The van der Waals surface area contributed by atoms with Gasteiger partial charge in [0.25, 0.3) is 0 Å². The number of amides is 4. The highest BCUT2D eigenvalue weighted by Gasteiger charge is 2.09. The molecule has 0 bridgehead atoms. The molecule has 158 valence electrons. The minimum atomic E-state index is -0.564. The van der Waals surface area contributed by atoms with Crippen LogP contribution in [-0.4, -0.2) is 66.5 Å². The molecule has 10 nitrogen and oxygen atoms in total. The van der Waals surface area contributed by atoms with Crippen molar-refractivity contribution in [3.8, 4) is 0 Å². The minimum absolute atomic E-state index is 0.0745. The van der Waals surface area contributed by atoms with Crippen LogP contribution in [0.5, 0.6) is 0 Å². The van der Waals surface area contributed by atoms with Crippen LogP contribution < -0.4 is 21.3 Å². The Morgan fingerprint density at radius 1 is 0.643 bits per heavy atom. The zero-order valence-corrected chi connectivity index (χ0v) is 17.0. The third-order valence-corrected chi connectivity index (χ3v) is 4.09. The molecule has 0 aliphatic heterocycles. The summed E-state index contributed by atoms with van der Waals surface area (Å²) in [4.78, 5) is 67.5. The molecule has 0 rings (SSSR count). The van der Waals surface area contributed by atoms with E-state index < -0.39 is 17.7 Å². The molecule has 0 aromatic rings. The molecule has 28 heavy (non-hydrogen) atoms. The van der Waals surface area contributed by atoms with E-state index in [2.05, 4.69) is 21.3 Å². The number of ketones is 1. The highest BCUT2D eigenvalue weighted by atomic mass is 32.2. The quantitative estimate of drug-likeness (QED) is 0.262. The van der Waals surface area contributed by atoms with Crippen LogP contribution in [0.2, 0.25) is 0 Å². The smallest absolute Gasteiger partial charge is 0.239 e. The highest BCUT2D eigenvalue weighted by Crippen LogP contribution is 1.99. The maximum atomic E-state index is 11.6. The number of hydrogen-bond acceptors (Lipinski definition) is 7. The Morgan fingerprint density at radius 3 is 1.64 bits per heavy atom. The van der Waals surface area contributed by atoms with Crippen molar-refractivity contribution in [3.05, 3.63) is 0 Å². The predicted octanol–water partition coefficient (Wildman–Crippen LogP) is -1.12. The summed E-state index contributed by atoms with van der Waals surface area (Å²) in [5, 5.41) is 9.43. The van der Waals surface area contributed by atoms with Crippen molar-refractivity contribution >= 4 is 46.3 Å². The third kappa shape index (κ3) is 17.0. The topological polar surface area (TPSA) is 151 Å². The molecule has 0 fully saturated rings. The lowest BCUT2D eigenvalue weighted by atomic mass is 10.1. The minimum Gasteiger partial charge on any atom is -0.355 e. The molecule has 11 heteroatoms. The number of thioether (sulfide) groups is 1. The number of carbonyl (C=O) groups is 6. The lowest BCUT2D eigenvalue weighted by Crippen LogP contribution is -2.44. The van der Waals surface area contributed by atoms with Crippen LogP contribution >= 0.6 is 11.8 Å². The second-order valence-electron chi connectivity index (χ2n) is 5.97. The van der Waals surface area contributed by atoms with E-state index >= 15 is 0 Å². The van der Waals surface area contributed by atoms with Crippen molar-refractivity contribution in [3.63, 3.8) is 0 Å². The van der Waals surface area contributed by atoms with E-state index in [4.69, 9.17) is 0 Å².